The van der Waals surface area contributed by atoms with E-state index in [0.717, 1.165) is 34.6 Å². The van der Waals surface area contributed by atoms with E-state index in [0.29, 0.717) is 12.6 Å². The molecule has 2 heterocycles. The second-order valence-corrected chi connectivity index (χ2v) is 7.09. The highest BCUT2D eigenvalue weighted by Crippen LogP contribution is 2.24. The molecule has 112 valence electrons. The van der Waals surface area contributed by atoms with Gasteiger partial charge in [0.05, 0.1) is 17.8 Å². The average molecular weight is 368 g/mol. The van der Waals surface area contributed by atoms with Gasteiger partial charge in [-0.2, -0.15) is 0 Å². The Bertz CT molecular complexity index is 613. The Balaban J connectivity index is 1.59. The molecule has 1 fully saturated rings. The molecule has 1 saturated carbocycles. The fraction of sp³-hybridized carbons (Fsp3) is 0.467. The van der Waals surface area contributed by atoms with Crippen molar-refractivity contribution in [1.29, 1.82) is 0 Å². The summed E-state index contributed by atoms with van der Waals surface area (Å²) in [4.78, 5) is 9.94. The van der Waals surface area contributed by atoms with Crippen molar-refractivity contribution in [2.45, 2.75) is 38.8 Å². The molecule has 21 heavy (non-hydrogen) atoms. The molecule has 3 rings (SSSR count). The van der Waals surface area contributed by atoms with Crippen molar-refractivity contribution < 1.29 is 4.74 Å². The monoisotopic (exact) mass is 367 g/mol. The van der Waals surface area contributed by atoms with E-state index in [4.69, 9.17) is 4.74 Å². The molecule has 1 aliphatic rings. The van der Waals surface area contributed by atoms with Gasteiger partial charge in [0.1, 0.15) is 0 Å². The van der Waals surface area contributed by atoms with Gasteiger partial charge in [0.15, 0.2) is 0 Å². The maximum Gasteiger partial charge on any atom is 0.217 e. The maximum atomic E-state index is 5.88. The number of hydrogen-bond acceptors (Lipinski definition) is 5. The molecule has 4 nitrogen and oxygen atoms in total. The van der Waals surface area contributed by atoms with Crippen LogP contribution >= 0.6 is 27.3 Å². The van der Waals surface area contributed by atoms with Crippen LogP contribution < -0.4 is 10.1 Å². The van der Waals surface area contributed by atoms with E-state index in [9.17, 15) is 0 Å². The lowest BCUT2D eigenvalue weighted by Gasteiger charge is -2.11. The van der Waals surface area contributed by atoms with Gasteiger partial charge in [-0.25, -0.2) is 9.97 Å². The molecule has 1 aliphatic carbocycles. The number of thiazole rings is 1. The minimum absolute atomic E-state index is 0.633. The Labute approximate surface area is 137 Å². The second kappa shape index (κ2) is 6.85. The molecule has 0 bridgehead atoms. The molecule has 6 heteroatoms. The molecule has 0 saturated heterocycles. The van der Waals surface area contributed by atoms with E-state index in [2.05, 4.69) is 37.3 Å². The third kappa shape index (κ3) is 4.25. The topological polar surface area (TPSA) is 47.0 Å². The Morgan fingerprint density at radius 2 is 2.29 bits per heavy atom. The summed E-state index contributed by atoms with van der Waals surface area (Å²) in [5.74, 6) is 0.730. The largest absolute Gasteiger partial charge is 0.477 e. The predicted molar refractivity (Wildman–Crippen MR) is 87.8 cm³/mol. The van der Waals surface area contributed by atoms with Gasteiger partial charge >= 0.3 is 0 Å². The average Bonchev–Trinajstić information content (AvgIpc) is 3.21. The Morgan fingerprint density at radius 3 is 3.00 bits per heavy atom. The van der Waals surface area contributed by atoms with E-state index in [1.807, 2.05) is 12.4 Å². The summed E-state index contributed by atoms with van der Waals surface area (Å²) in [5.41, 5.74) is 4.09. The summed E-state index contributed by atoms with van der Waals surface area (Å²) < 4.78 is 6.87. The lowest BCUT2D eigenvalue weighted by Crippen LogP contribution is -2.17. The first-order valence-electron chi connectivity index (χ1n) is 7.12. The summed E-state index contributed by atoms with van der Waals surface area (Å²) >= 11 is 5.16. The van der Waals surface area contributed by atoms with Crippen LogP contribution in [0, 0.1) is 6.92 Å². The van der Waals surface area contributed by atoms with Crippen LogP contribution in [0.2, 0.25) is 0 Å². The highest BCUT2D eigenvalue weighted by molar-refractivity contribution is 9.10. The number of rotatable bonds is 7. The van der Waals surface area contributed by atoms with Crippen LogP contribution in [-0.4, -0.2) is 22.6 Å². The number of aromatic nitrogens is 2. The van der Waals surface area contributed by atoms with Gasteiger partial charge in [0, 0.05) is 40.1 Å². The van der Waals surface area contributed by atoms with Crippen LogP contribution in [0.25, 0.3) is 0 Å². The molecule has 0 aliphatic heterocycles. The van der Waals surface area contributed by atoms with Crippen molar-refractivity contribution in [1.82, 2.24) is 15.3 Å². The lowest BCUT2D eigenvalue weighted by atomic mass is 10.2. The quantitative estimate of drug-likeness (QED) is 0.813. The molecule has 1 N–H and O–H groups in total. The SMILES string of the molecule is Cc1ncsc1CCOc1ncc(Br)cc1CNC1CC1. The number of nitrogens with one attached hydrogen (secondary N) is 1. The number of halogens is 1. The molecule has 2 aromatic heterocycles. The standard InChI is InChI=1S/C15H18BrN3OS/c1-10-14(21-9-19-10)4-5-20-15-11(6-12(16)8-18-15)7-17-13-2-3-13/h6,8-9,13,17H,2-5,7H2,1H3. The fourth-order valence-electron chi connectivity index (χ4n) is 2.07. The molecule has 2 aromatic rings. The summed E-state index contributed by atoms with van der Waals surface area (Å²) in [5, 5.41) is 3.50. The Hall–Kier alpha value is -0.980. The van der Waals surface area contributed by atoms with Gasteiger partial charge in [0.25, 0.3) is 0 Å². The highest BCUT2D eigenvalue weighted by atomic mass is 79.9. The third-order valence-electron chi connectivity index (χ3n) is 3.46. The number of ether oxygens (including phenoxy) is 1. The number of pyridine rings is 1. The molecule has 0 spiro atoms. The Morgan fingerprint density at radius 1 is 1.43 bits per heavy atom. The van der Waals surface area contributed by atoms with Crippen LogP contribution in [0.4, 0.5) is 0 Å². The van der Waals surface area contributed by atoms with Gasteiger partial charge in [0.2, 0.25) is 5.88 Å². The van der Waals surface area contributed by atoms with Crippen LogP contribution in [0.3, 0.4) is 0 Å². The van der Waals surface area contributed by atoms with Crippen molar-refractivity contribution in [3.05, 3.63) is 38.4 Å². The summed E-state index contributed by atoms with van der Waals surface area (Å²) in [6.45, 7) is 3.48. The minimum atomic E-state index is 0.633. The third-order valence-corrected chi connectivity index (χ3v) is 4.89. The van der Waals surface area contributed by atoms with E-state index in [-0.39, 0.29) is 0 Å². The van der Waals surface area contributed by atoms with Gasteiger partial charge < -0.3 is 10.1 Å². The van der Waals surface area contributed by atoms with Gasteiger partial charge in [-0.05, 0) is 41.8 Å². The zero-order valence-corrected chi connectivity index (χ0v) is 14.3. The second-order valence-electron chi connectivity index (χ2n) is 5.23. The zero-order chi connectivity index (χ0) is 14.7. The summed E-state index contributed by atoms with van der Waals surface area (Å²) in [6, 6.07) is 2.76. The molecular formula is C15H18BrN3OS. The molecule has 0 amide bonds. The van der Waals surface area contributed by atoms with Gasteiger partial charge in [-0.1, -0.05) is 0 Å². The number of aryl methyl sites for hydroxylation is 1. The summed E-state index contributed by atoms with van der Waals surface area (Å²) in [7, 11) is 0. The van der Waals surface area contributed by atoms with Crippen LogP contribution in [0.1, 0.15) is 29.0 Å². The van der Waals surface area contributed by atoms with Crippen molar-refractivity contribution in [2.24, 2.45) is 0 Å². The molecule has 0 aromatic carbocycles. The number of hydrogen-bond donors (Lipinski definition) is 1. The van der Waals surface area contributed by atoms with E-state index >= 15 is 0 Å². The van der Waals surface area contributed by atoms with E-state index in [1.54, 1.807) is 17.5 Å². The normalized spacial score (nSPS) is 14.4. The molecule has 0 atom stereocenters. The molecular weight excluding hydrogens is 350 g/mol. The first-order chi connectivity index (χ1) is 10.2. The van der Waals surface area contributed by atoms with Crippen molar-refractivity contribution in [2.75, 3.05) is 6.61 Å². The van der Waals surface area contributed by atoms with Crippen LogP contribution in [0.5, 0.6) is 5.88 Å². The smallest absolute Gasteiger partial charge is 0.217 e. The van der Waals surface area contributed by atoms with Crippen molar-refractivity contribution >= 4 is 27.3 Å². The highest BCUT2D eigenvalue weighted by Gasteiger charge is 2.21. The van der Waals surface area contributed by atoms with Gasteiger partial charge in [-0.15, -0.1) is 11.3 Å². The first-order valence-corrected chi connectivity index (χ1v) is 8.79. The van der Waals surface area contributed by atoms with Crippen LogP contribution in [-0.2, 0) is 13.0 Å². The number of nitrogens with zero attached hydrogens (tertiary/aromatic N) is 2. The predicted octanol–water partition coefficient (Wildman–Crippen LogP) is 3.48. The van der Waals surface area contributed by atoms with E-state index < -0.39 is 0 Å². The maximum absolute atomic E-state index is 5.88. The zero-order valence-electron chi connectivity index (χ0n) is 11.9. The lowest BCUT2D eigenvalue weighted by molar-refractivity contribution is 0.305. The molecule has 0 unspecified atom stereocenters. The van der Waals surface area contributed by atoms with Gasteiger partial charge in [-0.3, -0.25) is 0 Å². The minimum Gasteiger partial charge on any atom is -0.477 e. The van der Waals surface area contributed by atoms with Crippen molar-refractivity contribution in [3.63, 3.8) is 0 Å². The fourth-order valence-corrected chi connectivity index (χ4v) is 3.21. The van der Waals surface area contributed by atoms with E-state index in [1.165, 1.54) is 17.7 Å². The Kier molecular flexibility index (Phi) is 4.87. The van der Waals surface area contributed by atoms with Crippen LogP contribution in [0.15, 0.2) is 22.2 Å². The first kappa shape index (κ1) is 14.9. The summed E-state index contributed by atoms with van der Waals surface area (Å²) in [6.07, 6.45) is 5.22. The van der Waals surface area contributed by atoms with Crippen molar-refractivity contribution in [3.8, 4) is 5.88 Å². The molecule has 0 radical (unpaired) electrons.